The summed E-state index contributed by atoms with van der Waals surface area (Å²) in [5, 5.41) is 14.0. The number of aliphatic hydroxyl groups excluding tert-OH is 1. The van der Waals surface area contributed by atoms with Crippen molar-refractivity contribution >= 4 is 27.5 Å². The molecule has 3 rings (SSSR count). The number of fused-ring (bicyclic) bond motifs is 1. The van der Waals surface area contributed by atoms with Crippen molar-refractivity contribution in [3.8, 4) is 5.75 Å². The Labute approximate surface area is 279 Å². The maximum atomic E-state index is 14.3. The van der Waals surface area contributed by atoms with E-state index in [9.17, 15) is 23.1 Å². The number of nitrogens with one attached hydrogen (secondary N) is 1. The number of amides is 2. The van der Waals surface area contributed by atoms with E-state index < -0.39 is 22.0 Å². The molecule has 4 atom stereocenters. The summed E-state index contributed by atoms with van der Waals surface area (Å²) in [5.74, 6) is -0.139. The van der Waals surface area contributed by atoms with Crippen LogP contribution in [0.15, 0.2) is 27.6 Å². The number of anilines is 1. The van der Waals surface area contributed by atoms with Crippen LogP contribution in [0.3, 0.4) is 0 Å². The molecular weight excluding hydrogens is 626 g/mol. The molecule has 0 saturated heterocycles. The minimum Gasteiger partial charge on any atom is -0.490 e. The molecule has 2 N–H and O–H groups in total. The van der Waals surface area contributed by atoms with E-state index in [2.05, 4.69) is 9.88 Å². The van der Waals surface area contributed by atoms with Gasteiger partial charge in [-0.3, -0.25) is 14.3 Å². The molecule has 1 aromatic heterocycles. The minimum absolute atomic E-state index is 0.0326. The van der Waals surface area contributed by atoms with Crippen molar-refractivity contribution in [1.82, 2.24) is 19.9 Å². The van der Waals surface area contributed by atoms with Gasteiger partial charge in [0, 0.05) is 44.8 Å². The van der Waals surface area contributed by atoms with Gasteiger partial charge < -0.3 is 33.8 Å². The molecule has 13 nitrogen and oxygen atoms in total. The molecule has 0 saturated carbocycles. The molecule has 0 unspecified atom stereocenters. The molecule has 1 aliphatic rings. The molecule has 1 aliphatic heterocycles. The number of sulfonamides is 1. The van der Waals surface area contributed by atoms with E-state index in [0.29, 0.717) is 31.7 Å². The topological polar surface area (TPSA) is 155 Å². The number of aliphatic hydroxyl groups is 1. The van der Waals surface area contributed by atoms with Crippen molar-refractivity contribution in [2.45, 2.75) is 89.9 Å². The summed E-state index contributed by atoms with van der Waals surface area (Å²) >= 11 is 0. The number of aromatic nitrogens is 1. The molecule has 2 amide bonds. The Morgan fingerprint density at radius 3 is 2.55 bits per heavy atom. The number of carbonyl (C=O) groups excluding carboxylic acids is 2. The van der Waals surface area contributed by atoms with Gasteiger partial charge in [-0.2, -0.15) is 0 Å². The highest BCUT2D eigenvalue weighted by atomic mass is 32.2. The summed E-state index contributed by atoms with van der Waals surface area (Å²) in [7, 11) is 1.65. The fourth-order valence-corrected chi connectivity index (χ4v) is 7.00. The van der Waals surface area contributed by atoms with E-state index in [1.807, 2.05) is 32.8 Å². The second-order valence-electron chi connectivity index (χ2n) is 13.0. The van der Waals surface area contributed by atoms with E-state index in [1.54, 1.807) is 42.8 Å². The van der Waals surface area contributed by atoms with Crippen LogP contribution in [0.4, 0.5) is 5.69 Å². The van der Waals surface area contributed by atoms with Crippen molar-refractivity contribution in [3.05, 3.63) is 35.2 Å². The highest BCUT2D eigenvalue weighted by Gasteiger charge is 2.32. The Morgan fingerprint density at radius 1 is 1.19 bits per heavy atom. The molecule has 0 radical (unpaired) electrons. The first-order valence-electron chi connectivity index (χ1n) is 16.3. The number of hydrogen-bond acceptors (Lipinski definition) is 10. The first-order valence-corrected chi connectivity index (χ1v) is 17.8. The summed E-state index contributed by atoms with van der Waals surface area (Å²) in [6, 6.07) is 4.03. The summed E-state index contributed by atoms with van der Waals surface area (Å²) in [6.07, 6.45) is 2.92. The lowest BCUT2D eigenvalue weighted by Crippen LogP contribution is -2.48. The first kappa shape index (κ1) is 38.2. The van der Waals surface area contributed by atoms with Gasteiger partial charge in [0.15, 0.2) is 10.7 Å². The summed E-state index contributed by atoms with van der Waals surface area (Å²) < 4.78 is 46.8. The molecule has 0 spiro atoms. The number of likely N-dealkylation sites (N-methyl/N-ethyl adjacent to an activating group) is 1. The van der Waals surface area contributed by atoms with Gasteiger partial charge in [-0.05, 0) is 92.2 Å². The fraction of sp³-hybridized carbons (Fsp3) is 0.667. The lowest BCUT2D eigenvalue weighted by atomic mass is 10.0. The molecule has 0 bridgehead atoms. The fourth-order valence-electron chi connectivity index (χ4n) is 5.62. The minimum atomic E-state index is -4.08. The third kappa shape index (κ3) is 10.6. The zero-order valence-corrected chi connectivity index (χ0v) is 29.9. The zero-order chi connectivity index (χ0) is 34.9. The van der Waals surface area contributed by atoms with Crippen molar-refractivity contribution in [3.63, 3.8) is 0 Å². The normalized spacial score (nSPS) is 20.7. The lowest BCUT2D eigenvalue weighted by molar-refractivity contribution is -0.132. The SMILES string of the molecule is Cc1noc(C)c1S(=O)(=O)Nc1ccc2c(c1)C(=O)N([C@H](C)CO)C[C@@H](C)[C@@H](CN(C)C(=O)CCCN(C)C)OCCCC[C@@H](C)O2. The summed E-state index contributed by atoms with van der Waals surface area (Å²) in [5.41, 5.74) is 0.539. The van der Waals surface area contributed by atoms with Crippen LogP contribution in [0.5, 0.6) is 5.75 Å². The highest BCUT2D eigenvalue weighted by molar-refractivity contribution is 7.92. The summed E-state index contributed by atoms with van der Waals surface area (Å²) in [6.45, 7) is 10.3. The Morgan fingerprint density at radius 2 is 1.91 bits per heavy atom. The molecular formula is C33H53N5O8S. The number of aryl methyl sites for hydroxylation is 2. The van der Waals surface area contributed by atoms with E-state index in [0.717, 1.165) is 25.8 Å². The van der Waals surface area contributed by atoms with Gasteiger partial charge in [-0.1, -0.05) is 12.1 Å². The number of nitrogens with zero attached hydrogens (tertiary/aromatic N) is 4. The first-order chi connectivity index (χ1) is 22.1. The van der Waals surface area contributed by atoms with Crippen LogP contribution in [-0.4, -0.2) is 117 Å². The van der Waals surface area contributed by atoms with Gasteiger partial charge in [-0.25, -0.2) is 8.42 Å². The average molecular weight is 680 g/mol. The highest BCUT2D eigenvalue weighted by Crippen LogP contribution is 2.30. The average Bonchev–Trinajstić information content (AvgIpc) is 3.36. The molecule has 0 aliphatic carbocycles. The van der Waals surface area contributed by atoms with Crippen LogP contribution < -0.4 is 9.46 Å². The number of carbonyl (C=O) groups is 2. The Bertz CT molecular complexity index is 1430. The van der Waals surface area contributed by atoms with E-state index in [1.165, 1.54) is 13.0 Å². The van der Waals surface area contributed by atoms with Crippen molar-refractivity contribution < 1.29 is 37.1 Å². The Hall–Kier alpha value is -3.20. The second kappa shape index (κ2) is 17.3. The molecule has 2 heterocycles. The molecule has 2 aromatic rings. The number of rotatable bonds is 11. The van der Waals surface area contributed by atoms with Crippen molar-refractivity contribution in [1.29, 1.82) is 0 Å². The van der Waals surface area contributed by atoms with Crippen LogP contribution in [0.1, 0.15) is 74.7 Å². The maximum absolute atomic E-state index is 14.3. The Kier molecular flexibility index (Phi) is 14.1. The third-order valence-electron chi connectivity index (χ3n) is 8.42. The third-order valence-corrected chi connectivity index (χ3v) is 10.0. The standard InChI is InChI=1S/C33H53N5O8S/c1-22-19-38(23(2)21-39)33(41)28-18-27(35-47(42,43)32-25(4)34-46-26(32)5)14-15-29(28)45-24(3)12-9-10-17-44-30(22)20-37(8)31(40)13-11-16-36(6)7/h14-15,18,22-24,30,35,39H,9-13,16-17,19-21H2,1-8H3/t22-,23-,24-,30-/m1/s1. The monoisotopic (exact) mass is 679 g/mol. The van der Waals surface area contributed by atoms with Crippen molar-refractivity contribution in [2.24, 2.45) is 5.92 Å². The van der Waals surface area contributed by atoms with Gasteiger partial charge >= 0.3 is 0 Å². The molecule has 47 heavy (non-hydrogen) atoms. The van der Waals surface area contributed by atoms with Crippen LogP contribution in [0.25, 0.3) is 0 Å². The lowest BCUT2D eigenvalue weighted by Gasteiger charge is -2.36. The smallest absolute Gasteiger partial charge is 0.267 e. The number of hydrogen-bond donors (Lipinski definition) is 2. The van der Waals surface area contributed by atoms with Crippen LogP contribution in [0.2, 0.25) is 0 Å². The quantitative estimate of drug-likeness (QED) is 0.359. The summed E-state index contributed by atoms with van der Waals surface area (Å²) in [4.78, 5) is 32.5. The maximum Gasteiger partial charge on any atom is 0.267 e. The molecule has 14 heteroatoms. The predicted octanol–water partition coefficient (Wildman–Crippen LogP) is 3.69. The predicted molar refractivity (Wildman–Crippen MR) is 179 cm³/mol. The molecule has 0 fully saturated rings. The van der Waals surface area contributed by atoms with E-state index in [4.69, 9.17) is 14.0 Å². The number of benzene rings is 1. The van der Waals surface area contributed by atoms with Gasteiger partial charge in [0.2, 0.25) is 5.91 Å². The van der Waals surface area contributed by atoms with E-state index in [-0.39, 0.29) is 64.8 Å². The molecule has 264 valence electrons. The van der Waals surface area contributed by atoms with Crippen LogP contribution in [-0.2, 0) is 19.6 Å². The van der Waals surface area contributed by atoms with E-state index >= 15 is 0 Å². The van der Waals surface area contributed by atoms with Crippen molar-refractivity contribution in [2.75, 3.05) is 58.7 Å². The van der Waals surface area contributed by atoms with Crippen LogP contribution >= 0.6 is 0 Å². The Balaban J connectivity index is 1.95. The zero-order valence-electron chi connectivity index (χ0n) is 29.1. The van der Waals surface area contributed by atoms with Crippen LogP contribution in [0, 0.1) is 19.8 Å². The molecule has 1 aromatic carbocycles. The second-order valence-corrected chi connectivity index (χ2v) is 14.6. The number of ether oxygens (including phenoxy) is 2. The van der Waals surface area contributed by atoms with Gasteiger partial charge in [0.1, 0.15) is 11.4 Å². The van der Waals surface area contributed by atoms with Gasteiger partial charge in [0.05, 0.1) is 30.4 Å². The largest absolute Gasteiger partial charge is 0.490 e. The van der Waals surface area contributed by atoms with Gasteiger partial charge in [-0.15, -0.1) is 0 Å². The van der Waals surface area contributed by atoms with Gasteiger partial charge in [0.25, 0.3) is 15.9 Å².